The van der Waals surface area contributed by atoms with E-state index in [-0.39, 0.29) is 44.7 Å². The topological polar surface area (TPSA) is 326 Å². The lowest BCUT2D eigenvalue weighted by molar-refractivity contribution is -0.122. The lowest BCUT2D eigenvalue weighted by atomic mass is 10.1. The highest BCUT2D eigenvalue weighted by molar-refractivity contribution is 5.96. The van der Waals surface area contributed by atoms with Gasteiger partial charge in [0.15, 0.2) is 0 Å². The van der Waals surface area contributed by atoms with E-state index in [2.05, 4.69) is 61.8 Å². The number of aliphatic hydroxyl groups excluding tert-OH is 3. The highest BCUT2D eigenvalue weighted by atomic mass is 16.5. The second kappa shape index (κ2) is 34.3. The lowest BCUT2D eigenvalue weighted by Crippen LogP contribution is -2.30. The number of aromatic amines is 1. The van der Waals surface area contributed by atoms with Gasteiger partial charge >= 0.3 is 0 Å². The van der Waals surface area contributed by atoms with Crippen molar-refractivity contribution in [1.82, 2.24) is 70.3 Å². The van der Waals surface area contributed by atoms with Crippen LogP contribution < -0.4 is 49.0 Å². The van der Waals surface area contributed by atoms with Crippen molar-refractivity contribution in [3.05, 3.63) is 171 Å². The van der Waals surface area contributed by atoms with Crippen LogP contribution in [0.1, 0.15) is 29.6 Å². The summed E-state index contributed by atoms with van der Waals surface area (Å²) >= 11 is 0. The number of fused-ring (bicyclic) bond motifs is 3. The number of hydrogen-bond donors (Lipinski definition) is 6. The lowest BCUT2D eigenvalue weighted by Gasteiger charge is -2.26. The van der Waals surface area contributed by atoms with Crippen molar-refractivity contribution in [3.8, 4) is 62.5 Å². The van der Waals surface area contributed by atoms with E-state index >= 15 is 0 Å². The highest BCUT2D eigenvalue weighted by Gasteiger charge is 2.27. The first-order valence-corrected chi connectivity index (χ1v) is 33.0. The summed E-state index contributed by atoms with van der Waals surface area (Å²) in [6, 6.07) is 34.6. The van der Waals surface area contributed by atoms with Gasteiger partial charge in [-0.3, -0.25) is 39.0 Å². The van der Waals surface area contributed by atoms with Gasteiger partial charge in [0, 0.05) is 164 Å². The number of nitrogens with one attached hydrogen (secondary N) is 3. The fourth-order valence-corrected chi connectivity index (χ4v) is 11.2. The molecule has 1 aliphatic carbocycles. The van der Waals surface area contributed by atoms with Crippen LogP contribution in [0.25, 0.3) is 66.9 Å². The molecule has 0 bridgehead atoms. The Morgan fingerprint density at radius 3 is 1.47 bits per heavy atom. The van der Waals surface area contributed by atoms with E-state index in [1.807, 2.05) is 102 Å². The number of benzene rings is 6. The van der Waals surface area contributed by atoms with Crippen LogP contribution in [0.3, 0.4) is 0 Å². The third kappa shape index (κ3) is 17.9. The first kappa shape index (κ1) is 71.4. The van der Waals surface area contributed by atoms with E-state index in [9.17, 15) is 19.8 Å². The maximum atomic E-state index is 12.3. The fourth-order valence-electron chi connectivity index (χ4n) is 11.2. The number of amides is 2. The molecule has 0 aliphatic heterocycles. The van der Waals surface area contributed by atoms with Gasteiger partial charge in [-0.05, 0) is 91.9 Å². The van der Waals surface area contributed by atoms with Crippen molar-refractivity contribution < 1.29 is 53.3 Å². The maximum Gasteiger partial charge on any atom is 0.251 e. The zero-order valence-corrected chi connectivity index (χ0v) is 57.7. The van der Waals surface area contributed by atoms with Crippen LogP contribution in [0.15, 0.2) is 165 Å². The van der Waals surface area contributed by atoms with Crippen molar-refractivity contribution in [3.63, 3.8) is 0 Å². The Bertz CT molecular complexity index is 4750. The van der Waals surface area contributed by atoms with E-state index < -0.39 is 0 Å². The quantitative estimate of drug-likeness (QED) is 0.0254. The van der Waals surface area contributed by atoms with Crippen LogP contribution in [0, 0.1) is 5.92 Å². The van der Waals surface area contributed by atoms with Gasteiger partial charge in [-0.15, -0.1) is 0 Å². The molecule has 12 aromatic rings. The van der Waals surface area contributed by atoms with Crippen LogP contribution in [0.4, 0.5) is 34.1 Å². The van der Waals surface area contributed by atoms with Gasteiger partial charge in [-0.25, -0.2) is 15.0 Å². The normalized spacial score (nSPS) is 11.7. The summed E-state index contributed by atoms with van der Waals surface area (Å²) in [4.78, 5) is 58.6. The summed E-state index contributed by atoms with van der Waals surface area (Å²) in [6.45, 7) is 3.22. The zero-order chi connectivity index (χ0) is 71.5. The summed E-state index contributed by atoms with van der Waals surface area (Å²) in [7, 11) is 11.3. The number of aliphatic hydroxyl groups is 3. The number of aromatic nitrogens is 12. The molecular formula is C74H81N17O11. The minimum absolute atomic E-state index is 0.0608. The summed E-state index contributed by atoms with van der Waals surface area (Å²) in [5.41, 5.74) is 15.0. The van der Waals surface area contributed by atoms with Crippen LogP contribution >= 0.6 is 0 Å². The number of anilines is 6. The average molecular weight is 1380 g/mol. The van der Waals surface area contributed by atoms with E-state index in [4.69, 9.17) is 48.5 Å². The average Bonchev–Trinajstić information content (AvgIpc) is 1.34. The Hall–Kier alpha value is -11.9. The Labute approximate surface area is 588 Å². The van der Waals surface area contributed by atoms with Gasteiger partial charge in [0.05, 0.1) is 149 Å². The second-order valence-electron chi connectivity index (χ2n) is 23.6. The van der Waals surface area contributed by atoms with Crippen molar-refractivity contribution in [2.24, 2.45) is 5.92 Å². The molecule has 6 aromatic carbocycles. The maximum absolute atomic E-state index is 12.3. The van der Waals surface area contributed by atoms with Gasteiger partial charge in [0.2, 0.25) is 5.91 Å². The van der Waals surface area contributed by atoms with Crippen LogP contribution in [0.2, 0.25) is 0 Å². The molecule has 102 heavy (non-hydrogen) atoms. The van der Waals surface area contributed by atoms with Gasteiger partial charge < -0.3 is 69.1 Å². The largest absolute Gasteiger partial charge is 0.497 e. The molecule has 2 amide bonds. The number of ether oxygens (including phenoxy) is 6. The molecule has 0 saturated heterocycles. The first-order valence-electron chi connectivity index (χ1n) is 33.0. The number of carbonyl (C=O) groups excluding carboxylic acids is 2. The molecule has 528 valence electrons. The van der Waals surface area contributed by atoms with E-state index in [0.29, 0.717) is 84.0 Å². The molecule has 0 atom stereocenters. The molecule has 1 fully saturated rings. The number of carbonyl (C=O) groups is 2. The first-order chi connectivity index (χ1) is 49.8. The predicted octanol–water partition coefficient (Wildman–Crippen LogP) is 9.36. The Kier molecular flexibility index (Phi) is 24.0. The molecule has 1 saturated carbocycles. The number of nitrogens with zero attached hydrogens (tertiary/aromatic N) is 14. The Morgan fingerprint density at radius 2 is 1.00 bits per heavy atom. The van der Waals surface area contributed by atoms with E-state index in [0.717, 1.165) is 96.4 Å². The van der Waals surface area contributed by atoms with Gasteiger partial charge in [0.1, 0.15) is 35.3 Å². The summed E-state index contributed by atoms with van der Waals surface area (Å²) in [5.74, 6) is 3.60. The van der Waals surface area contributed by atoms with E-state index in [1.54, 1.807) is 116 Å². The molecule has 6 heterocycles. The minimum Gasteiger partial charge on any atom is -0.497 e. The molecule has 6 N–H and O–H groups in total. The third-order valence-corrected chi connectivity index (χ3v) is 16.7. The summed E-state index contributed by atoms with van der Waals surface area (Å²) < 4.78 is 35.7. The fraction of sp³-hybridized carbons (Fsp3) is 0.284. The molecule has 0 radical (unpaired) electrons. The van der Waals surface area contributed by atoms with Gasteiger partial charge in [0.25, 0.3) is 5.91 Å². The van der Waals surface area contributed by atoms with Crippen molar-refractivity contribution in [1.29, 1.82) is 0 Å². The molecule has 0 spiro atoms. The van der Waals surface area contributed by atoms with Gasteiger partial charge in [-0.2, -0.15) is 15.3 Å². The molecule has 13 rings (SSSR count). The number of H-pyrrole nitrogens is 1. The van der Waals surface area contributed by atoms with Gasteiger partial charge in [-0.1, -0.05) is 0 Å². The van der Waals surface area contributed by atoms with Crippen molar-refractivity contribution >= 4 is 79.0 Å². The van der Waals surface area contributed by atoms with Crippen LogP contribution in [0.5, 0.6) is 28.7 Å². The number of methoxy groups -OCH3 is 6. The molecular weight excluding hydrogens is 1300 g/mol. The molecule has 6 aromatic heterocycles. The summed E-state index contributed by atoms with van der Waals surface area (Å²) in [5, 5.41) is 48.7. The molecule has 0 unspecified atom stereocenters. The predicted molar refractivity (Wildman–Crippen MR) is 389 cm³/mol. The smallest absolute Gasteiger partial charge is 0.251 e. The molecule has 28 nitrogen and oxygen atoms in total. The second-order valence-corrected chi connectivity index (χ2v) is 23.6. The van der Waals surface area contributed by atoms with E-state index in [1.165, 1.54) is 17.5 Å². The SMILES string of the molecule is CNC(=O)c1cc(OC)cc(N(CCO)c2ccc3ncc(-c4cnn(CCOC)c4)nc3c2)c1.COc1cc(OC)cc(N(CC2CC2)c2ccc3ncc(-c4cnn(CC(=O)NCCO)c4)nc3c2)c1.COc1cc(OC)cc(N(CCCO)c2ccc3ncc(-c4cn[nH]c4)nc3c2)c1. The van der Waals surface area contributed by atoms with Crippen LogP contribution in [-0.2, 0) is 22.6 Å². The highest BCUT2D eigenvalue weighted by Crippen LogP contribution is 2.40. The Morgan fingerprint density at radius 1 is 0.520 bits per heavy atom. The number of hydrogen-bond acceptors (Lipinski definition) is 23. The summed E-state index contributed by atoms with van der Waals surface area (Å²) in [6.07, 6.45) is 18.8. The number of rotatable bonds is 29. The monoisotopic (exact) mass is 1380 g/mol. The zero-order valence-electron chi connectivity index (χ0n) is 57.7. The van der Waals surface area contributed by atoms with Crippen molar-refractivity contribution in [2.45, 2.75) is 32.4 Å². The molecule has 1 aliphatic rings. The van der Waals surface area contributed by atoms with Crippen LogP contribution in [-0.4, -0.2) is 189 Å². The Balaban J connectivity index is 0.000000155. The minimum atomic E-state index is -0.228. The molecule has 28 heteroatoms. The third-order valence-electron chi connectivity index (χ3n) is 16.7. The van der Waals surface area contributed by atoms with Crippen molar-refractivity contribution in [2.75, 3.05) is 117 Å². The standard InChI is InChI=1S/C27H30N6O4.C25H28N6O4.C22H23N5O3/c1-36-22-9-21(10-23(12-22)37-2)33(15-18-3-4-18)20-5-6-24-25(11-20)31-26(14-29-24)19-13-30-32(16-19)17-27(35)28-7-8-34;1-26-25(33)17-10-20(12-21(11-17)35-3)31(6-8-32)19-4-5-22-23(13-19)29-24(15-27-22)18-14-28-30(16-18)7-9-34-2;1-29-18-8-17(9-19(11-18)30-2)27(6-3-7-28)16-4-5-20-21(10-16)26-22(14-23-20)15-12-24-25-13-15/h5-6,9-14,16,18,34H,3-4,7-8,15,17H2,1-2H3,(H,28,35);4-5,10-16,32H,6-9H2,1-3H3,(H,26,33);4-5,8-14,28H,3,6-7H2,1-2H3,(H,24,25).